The van der Waals surface area contributed by atoms with Gasteiger partial charge in [-0.05, 0) is 12.0 Å². The molecule has 0 aliphatic rings. The summed E-state index contributed by atoms with van der Waals surface area (Å²) in [5, 5.41) is 0. The standard InChI is InChI=1S/C8H12/c1-4-5-6-7-8(2)3/h5-8H,1H2,2-3H3. The van der Waals surface area contributed by atoms with Gasteiger partial charge in [0.05, 0.1) is 0 Å². The number of hydrogen-bond acceptors (Lipinski definition) is 0. The molecule has 0 heterocycles. The Bertz CT molecular complexity index is 112. The van der Waals surface area contributed by atoms with Crippen LogP contribution in [0.5, 0.6) is 0 Å². The van der Waals surface area contributed by atoms with E-state index in [9.17, 15) is 0 Å². The molecule has 0 N–H and O–H groups in total. The molecule has 44 valence electrons. The second kappa shape index (κ2) is 4.42. The third-order valence-corrected chi connectivity index (χ3v) is 0.710. The van der Waals surface area contributed by atoms with Crippen LogP contribution in [0.2, 0.25) is 0 Å². The first-order valence-corrected chi connectivity index (χ1v) is 2.80. The Morgan fingerprint density at radius 2 is 2.12 bits per heavy atom. The van der Waals surface area contributed by atoms with Crippen LogP contribution in [0.3, 0.4) is 0 Å². The monoisotopic (exact) mass is 108 g/mol. The van der Waals surface area contributed by atoms with Crippen LogP contribution in [0.4, 0.5) is 0 Å². The van der Waals surface area contributed by atoms with E-state index in [0.717, 1.165) is 0 Å². The molecular weight excluding hydrogens is 96.1 g/mol. The van der Waals surface area contributed by atoms with Crippen LogP contribution in [-0.4, -0.2) is 0 Å². The Morgan fingerprint density at radius 3 is 2.50 bits per heavy atom. The van der Waals surface area contributed by atoms with E-state index in [0.29, 0.717) is 5.92 Å². The van der Waals surface area contributed by atoms with E-state index >= 15 is 0 Å². The smallest absolute Gasteiger partial charge is 0.0209 e. The molecule has 0 amide bonds. The molecule has 0 aliphatic heterocycles. The number of rotatable bonds is 2. The molecule has 0 fully saturated rings. The maximum atomic E-state index is 3.43. The maximum Gasteiger partial charge on any atom is -0.0209 e. The highest BCUT2D eigenvalue weighted by Gasteiger charge is 1.77. The van der Waals surface area contributed by atoms with E-state index in [2.05, 4.69) is 32.2 Å². The van der Waals surface area contributed by atoms with Crippen molar-refractivity contribution < 1.29 is 0 Å². The van der Waals surface area contributed by atoms with Crippen LogP contribution in [0, 0.1) is 5.92 Å². The molecule has 0 rings (SSSR count). The minimum absolute atomic E-state index is 0.625. The Kier molecular flexibility index (Phi) is 4.01. The van der Waals surface area contributed by atoms with Gasteiger partial charge in [0.25, 0.3) is 0 Å². The second-order valence-corrected chi connectivity index (χ2v) is 2.00. The first-order chi connectivity index (χ1) is 3.77. The van der Waals surface area contributed by atoms with E-state index in [4.69, 9.17) is 0 Å². The average molecular weight is 108 g/mol. The van der Waals surface area contributed by atoms with Gasteiger partial charge in [-0.25, -0.2) is 0 Å². The fourth-order valence-corrected chi connectivity index (χ4v) is 0.346. The molecule has 0 unspecified atom stereocenters. The van der Waals surface area contributed by atoms with Crippen molar-refractivity contribution in [3.63, 3.8) is 0 Å². The van der Waals surface area contributed by atoms with Gasteiger partial charge in [0.1, 0.15) is 0 Å². The van der Waals surface area contributed by atoms with E-state index in [-0.39, 0.29) is 0 Å². The molecule has 0 bridgehead atoms. The molecule has 0 saturated heterocycles. The predicted molar refractivity (Wildman–Crippen MR) is 37.7 cm³/mol. The highest BCUT2D eigenvalue weighted by atomic mass is 13.8. The molecule has 0 nitrogen and oxygen atoms in total. The van der Waals surface area contributed by atoms with Crippen LogP contribution >= 0.6 is 0 Å². The van der Waals surface area contributed by atoms with Crippen molar-refractivity contribution in [3.8, 4) is 0 Å². The normalized spacial score (nSPS) is 9.88. The third-order valence-electron chi connectivity index (χ3n) is 0.710. The molecule has 8 heavy (non-hydrogen) atoms. The van der Waals surface area contributed by atoms with E-state index in [1.54, 1.807) is 6.08 Å². The molecule has 0 aromatic carbocycles. The van der Waals surface area contributed by atoms with Gasteiger partial charge in [-0.3, -0.25) is 0 Å². The summed E-state index contributed by atoms with van der Waals surface area (Å²) in [6, 6.07) is 0. The van der Waals surface area contributed by atoms with Crippen LogP contribution in [0.1, 0.15) is 13.8 Å². The minimum atomic E-state index is 0.625. The Hall–Kier alpha value is -0.740. The number of allylic oxidation sites excluding steroid dienone is 3. The molecule has 0 saturated carbocycles. The topological polar surface area (TPSA) is 0 Å². The molecule has 0 aromatic rings. The van der Waals surface area contributed by atoms with Crippen LogP contribution in [0.15, 0.2) is 30.5 Å². The quantitative estimate of drug-likeness (QED) is 0.376. The molecule has 0 spiro atoms. The molecule has 0 radical (unpaired) electrons. The molecular formula is C8H12. The highest BCUT2D eigenvalue weighted by molar-refractivity contribution is 5.01. The number of hydrogen-bond donors (Lipinski definition) is 0. The van der Waals surface area contributed by atoms with Crippen molar-refractivity contribution in [1.82, 2.24) is 0 Å². The summed E-state index contributed by atoms with van der Waals surface area (Å²) in [6.45, 7) is 7.69. The molecule has 0 atom stereocenters. The maximum absolute atomic E-state index is 3.43. The van der Waals surface area contributed by atoms with Crippen molar-refractivity contribution in [3.05, 3.63) is 30.5 Å². The van der Waals surface area contributed by atoms with Crippen LogP contribution < -0.4 is 0 Å². The summed E-state index contributed by atoms with van der Waals surface area (Å²) in [6.07, 6.45) is 5.86. The molecule has 0 heteroatoms. The summed E-state index contributed by atoms with van der Waals surface area (Å²) in [5.74, 6) is 0.625. The first-order valence-electron chi connectivity index (χ1n) is 2.80. The third kappa shape index (κ3) is 5.26. The minimum Gasteiger partial charge on any atom is -0.129 e. The van der Waals surface area contributed by atoms with E-state index in [1.807, 2.05) is 6.08 Å². The van der Waals surface area contributed by atoms with Gasteiger partial charge in [0, 0.05) is 0 Å². The van der Waals surface area contributed by atoms with Gasteiger partial charge in [-0.2, -0.15) is 0 Å². The van der Waals surface area contributed by atoms with E-state index < -0.39 is 0 Å². The Balaban J connectivity index is 3.49. The zero-order valence-electron chi connectivity index (χ0n) is 5.52. The van der Waals surface area contributed by atoms with Crippen molar-refractivity contribution in [2.75, 3.05) is 0 Å². The lowest BCUT2D eigenvalue weighted by molar-refractivity contribution is 0.832. The molecule has 0 aliphatic carbocycles. The molecule has 0 aromatic heterocycles. The van der Waals surface area contributed by atoms with Gasteiger partial charge in [0.2, 0.25) is 0 Å². The Morgan fingerprint density at radius 1 is 1.50 bits per heavy atom. The van der Waals surface area contributed by atoms with Gasteiger partial charge >= 0.3 is 0 Å². The average Bonchev–Trinajstić information content (AvgIpc) is 1.66. The van der Waals surface area contributed by atoms with Gasteiger partial charge in [-0.15, -0.1) is 5.73 Å². The van der Waals surface area contributed by atoms with Crippen molar-refractivity contribution in [2.24, 2.45) is 5.92 Å². The van der Waals surface area contributed by atoms with Crippen molar-refractivity contribution in [1.29, 1.82) is 0 Å². The van der Waals surface area contributed by atoms with Crippen LogP contribution in [-0.2, 0) is 0 Å². The fraction of sp³-hybridized carbons (Fsp3) is 0.375. The SMILES string of the molecule is C=C=CC=CC(C)C. The largest absolute Gasteiger partial charge is 0.129 e. The summed E-state index contributed by atoms with van der Waals surface area (Å²) in [7, 11) is 0. The summed E-state index contributed by atoms with van der Waals surface area (Å²) in [4.78, 5) is 0. The zero-order valence-corrected chi connectivity index (χ0v) is 5.52. The first kappa shape index (κ1) is 7.26. The lowest BCUT2D eigenvalue weighted by Crippen LogP contribution is -1.73. The van der Waals surface area contributed by atoms with Gasteiger partial charge in [-0.1, -0.05) is 32.6 Å². The predicted octanol–water partition coefficient (Wildman–Crippen LogP) is 2.54. The van der Waals surface area contributed by atoms with Gasteiger partial charge < -0.3 is 0 Å². The zero-order chi connectivity index (χ0) is 6.41. The highest BCUT2D eigenvalue weighted by Crippen LogP contribution is 1.92. The summed E-state index contributed by atoms with van der Waals surface area (Å²) in [5.41, 5.74) is 2.66. The Labute approximate surface area is 51.2 Å². The fourth-order valence-electron chi connectivity index (χ4n) is 0.346. The summed E-state index contributed by atoms with van der Waals surface area (Å²) < 4.78 is 0. The lowest BCUT2D eigenvalue weighted by atomic mass is 10.2. The second-order valence-electron chi connectivity index (χ2n) is 2.00. The lowest BCUT2D eigenvalue weighted by Gasteiger charge is -1.87. The van der Waals surface area contributed by atoms with Crippen LogP contribution in [0.25, 0.3) is 0 Å². The van der Waals surface area contributed by atoms with E-state index in [1.165, 1.54) is 0 Å². The summed E-state index contributed by atoms with van der Waals surface area (Å²) >= 11 is 0. The van der Waals surface area contributed by atoms with Gasteiger partial charge in [0.15, 0.2) is 0 Å². The van der Waals surface area contributed by atoms with Crippen molar-refractivity contribution >= 4 is 0 Å². The van der Waals surface area contributed by atoms with Crippen molar-refractivity contribution in [2.45, 2.75) is 13.8 Å².